The highest BCUT2D eigenvalue weighted by Crippen LogP contribution is 2.45. The predicted octanol–water partition coefficient (Wildman–Crippen LogP) is 4.44. The fourth-order valence-electron chi connectivity index (χ4n) is 2.52. The standard InChI is InChI=1S/C15H15ClFN3OS/c1-7(2)20-14-12(15(21)19-20)13(22-8(3)18-14)10-5-4-9(17)6-11(10)16/h4-7,13H,1-3H3,(H,19,21). The third-order valence-electron chi connectivity index (χ3n) is 3.51. The molecule has 22 heavy (non-hydrogen) atoms. The Bertz CT molecular complexity index is 825. The molecular formula is C15H15ClFN3OS. The van der Waals surface area contributed by atoms with Crippen molar-refractivity contribution in [2.75, 3.05) is 0 Å². The molecule has 1 aromatic heterocycles. The minimum absolute atomic E-state index is 0.0837. The summed E-state index contributed by atoms with van der Waals surface area (Å²) >= 11 is 7.64. The molecule has 0 aliphatic carbocycles. The largest absolute Gasteiger partial charge is 0.271 e. The quantitative estimate of drug-likeness (QED) is 0.879. The zero-order valence-electron chi connectivity index (χ0n) is 12.4. The van der Waals surface area contributed by atoms with Crippen LogP contribution in [0.4, 0.5) is 10.2 Å². The Morgan fingerprint density at radius 3 is 2.82 bits per heavy atom. The van der Waals surface area contributed by atoms with Crippen LogP contribution in [0, 0.1) is 5.82 Å². The molecule has 1 N–H and O–H groups in total. The maximum Gasteiger partial charge on any atom is 0.271 e. The van der Waals surface area contributed by atoms with Gasteiger partial charge in [-0.3, -0.25) is 14.6 Å². The van der Waals surface area contributed by atoms with E-state index in [2.05, 4.69) is 10.1 Å². The normalized spacial score (nSPS) is 17.5. The molecule has 2 aromatic rings. The monoisotopic (exact) mass is 339 g/mol. The molecular weight excluding hydrogens is 325 g/mol. The smallest absolute Gasteiger partial charge is 0.268 e. The Hall–Kier alpha value is -1.53. The molecule has 1 aliphatic rings. The van der Waals surface area contributed by atoms with Crippen molar-refractivity contribution in [1.29, 1.82) is 0 Å². The number of nitrogens with one attached hydrogen (secondary N) is 1. The second-order valence-corrected chi connectivity index (χ2v) is 7.14. The SMILES string of the molecule is CC1=Nc2c(c(=O)[nH]n2C(C)C)C(c2ccc(F)cc2Cl)S1. The highest BCUT2D eigenvalue weighted by atomic mass is 35.5. The summed E-state index contributed by atoms with van der Waals surface area (Å²) in [5.74, 6) is 0.232. The number of halogens is 2. The van der Waals surface area contributed by atoms with E-state index in [1.807, 2.05) is 20.8 Å². The van der Waals surface area contributed by atoms with Gasteiger partial charge in [0.05, 0.1) is 15.9 Å². The third kappa shape index (κ3) is 2.50. The number of aromatic amines is 1. The van der Waals surface area contributed by atoms with Gasteiger partial charge in [0.2, 0.25) is 0 Å². The average molecular weight is 340 g/mol. The minimum atomic E-state index is -0.395. The van der Waals surface area contributed by atoms with Crippen molar-refractivity contribution in [3.8, 4) is 0 Å². The summed E-state index contributed by atoms with van der Waals surface area (Å²) in [4.78, 5) is 16.9. The fraction of sp³-hybridized carbons (Fsp3) is 0.333. The van der Waals surface area contributed by atoms with Gasteiger partial charge >= 0.3 is 0 Å². The van der Waals surface area contributed by atoms with Gasteiger partial charge in [-0.05, 0) is 38.5 Å². The summed E-state index contributed by atoms with van der Waals surface area (Å²) in [6.07, 6.45) is 0. The van der Waals surface area contributed by atoms with E-state index in [0.717, 1.165) is 10.6 Å². The number of rotatable bonds is 2. The Kier molecular flexibility index (Phi) is 3.91. The van der Waals surface area contributed by atoms with E-state index >= 15 is 0 Å². The summed E-state index contributed by atoms with van der Waals surface area (Å²) < 4.78 is 15.0. The van der Waals surface area contributed by atoms with Gasteiger partial charge in [-0.1, -0.05) is 29.4 Å². The molecule has 0 bridgehead atoms. The first kappa shape index (κ1) is 15.4. The van der Waals surface area contributed by atoms with Crippen molar-refractivity contribution < 1.29 is 4.39 Å². The predicted molar refractivity (Wildman–Crippen MR) is 89.1 cm³/mol. The van der Waals surface area contributed by atoms with Gasteiger partial charge in [-0.2, -0.15) is 0 Å². The van der Waals surface area contributed by atoms with E-state index in [1.54, 1.807) is 10.7 Å². The van der Waals surface area contributed by atoms with Gasteiger partial charge in [-0.25, -0.2) is 9.38 Å². The van der Waals surface area contributed by atoms with Crippen LogP contribution in [0.1, 0.15) is 43.2 Å². The van der Waals surface area contributed by atoms with Crippen LogP contribution in [0.2, 0.25) is 5.02 Å². The van der Waals surface area contributed by atoms with Crippen LogP contribution >= 0.6 is 23.4 Å². The minimum Gasteiger partial charge on any atom is -0.268 e. The van der Waals surface area contributed by atoms with Gasteiger partial charge in [0.15, 0.2) is 5.82 Å². The van der Waals surface area contributed by atoms with Crippen molar-refractivity contribution >= 4 is 34.2 Å². The topological polar surface area (TPSA) is 50.1 Å². The van der Waals surface area contributed by atoms with E-state index in [0.29, 0.717) is 16.4 Å². The molecule has 3 rings (SSSR count). The Morgan fingerprint density at radius 2 is 2.18 bits per heavy atom. The molecule has 7 heteroatoms. The lowest BCUT2D eigenvalue weighted by Gasteiger charge is -2.22. The molecule has 0 spiro atoms. The molecule has 116 valence electrons. The van der Waals surface area contributed by atoms with Crippen LogP contribution in [0.3, 0.4) is 0 Å². The maximum absolute atomic E-state index is 13.3. The second-order valence-electron chi connectivity index (χ2n) is 5.44. The first-order valence-corrected chi connectivity index (χ1v) is 8.15. The summed E-state index contributed by atoms with van der Waals surface area (Å²) in [6, 6.07) is 4.34. The van der Waals surface area contributed by atoms with Crippen LogP contribution in [-0.2, 0) is 0 Å². The van der Waals surface area contributed by atoms with Crippen LogP contribution in [0.15, 0.2) is 28.0 Å². The number of benzene rings is 1. The molecule has 0 amide bonds. The lowest BCUT2D eigenvalue weighted by Crippen LogP contribution is -2.14. The van der Waals surface area contributed by atoms with Crippen molar-refractivity contribution in [2.24, 2.45) is 4.99 Å². The zero-order valence-corrected chi connectivity index (χ0v) is 13.9. The van der Waals surface area contributed by atoms with Crippen molar-refractivity contribution in [2.45, 2.75) is 32.1 Å². The van der Waals surface area contributed by atoms with E-state index < -0.39 is 5.82 Å². The molecule has 0 saturated carbocycles. The van der Waals surface area contributed by atoms with Crippen LogP contribution < -0.4 is 5.56 Å². The molecule has 1 aliphatic heterocycles. The molecule has 1 atom stereocenters. The number of aromatic nitrogens is 2. The van der Waals surface area contributed by atoms with Gasteiger partial charge in [0, 0.05) is 11.1 Å². The van der Waals surface area contributed by atoms with Crippen molar-refractivity contribution in [3.05, 3.63) is 50.5 Å². The maximum atomic E-state index is 13.3. The van der Waals surface area contributed by atoms with Gasteiger partial charge in [-0.15, -0.1) is 0 Å². The Labute approximate surface area is 136 Å². The molecule has 4 nitrogen and oxygen atoms in total. The van der Waals surface area contributed by atoms with E-state index in [4.69, 9.17) is 11.6 Å². The number of aliphatic imine (C=N–C) groups is 1. The Balaban J connectivity index is 2.22. The highest BCUT2D eigenvalue weighted by molar-refractivity contribution is 8.14. The first-order valence-electron chi connectivity index (χ1n) is 6.89. The number of nitrogens with zero attached hydrogens (tertiary/aromatic N) is 2. The Morgan fingerprint density at radius 1 is 1.45 bits per heavy atom. The molecule has 0 fully saturated rings. The molecule has 0 radical (unpaired) electrons. The summed E-state index contributed by atoms with van der Waals surface area (Å²) in [5.41, 5.74) is 1.10. The summed E-state index contributed by atoms with van der Waals surface area (Å²) in [7, 11) is 0. The lowest BCUT2D eigenvalue weighted by atomic mass is 10.1. The van der Waals surface area contributed by atoms with E-state index in [-0.39, 0.29) is 16.9 Å². The van der Waals surface area contributed by atoms with Crippen molar-refractivity contribution in [3.63, 3.8) is 0 Å². The summed E-state index contributed by atoms with van der Waals surface area (Å²) in [5, 5.41) is 3.70. The van der Waals surface area contributed by atoms with E-state index in [1.165, 1.54) is 23.9 Å². The average Bonchev–Trinajstić information content (AvgIpc) is 2.75. The lowest BCUT2D eigenvalue weighted by molar-refractivity contribution is 0.533. The summed E-state index contributed by atoms with van der Waals surface area (Å²) in [6.45, 7) is 5.84. The van der Waals surface area contributed by atoms with E-state index in [9.17, 15) is 9.18 Å². The molecule has 2 heterocycles. The number of fused-ring (bicyclic) bond motifs is 1. The van der Waals surface area contributed by atoms with Gasteiger partial charge in [0.25, 0.3) is 5.56 Å². The first-order chi connectivity index (χ1) is 10.4. The molecule has 1 aromatic carbocycles. The van der Waals surface area contributed by atoms with Crippen LogP contribution in [0.25, 0.3) is 0 Å². The number of thioether (sulfide) groups is 1. The zero-order chi connectivity index (χ0) is 16.0. The van der Waals surface area contributed by atoms with Crippen LogP contribution in [-0.4, -0.2) is 14.8 Å². The molecule has 1 unspecified atom stereocenters. The number of hydrogen-bond acceptors (Lipinski definition) is 3. The fourth-order valence-corrected chi connectivity index (χ4v) is 4.00. The van der Waals surface area contributed by atoms with Crippen LogP contribution in [0.5, 0.6) is 0 Å². The highest BCUT2D eigenvalue weighted by Gasteiger charge is 2.31. The second kappa shape index (κ2) is 5.59. The van der Waals surface area contributed by atoms with Gasteiger partial charge < -0.3 is 0 Å². The number of hydrogen-bond donors (Lipinski definition) is 1. The number of H-pyrrole nitrogens is 1. The molecule has 0 saturated heterocycles. The van der Waals surface area contributed by atoms with Crippen molar-refractivity contribution in [1.82, 2.24) is 9.78 Å². The van der Waals surface area contributed by atoms with Gasteiger partial charge in [0.1, 0.15) is 5.82 Å². The third-order valence-corrected chi connectivity index (χ3v) is 5.00.